The Hall–Kier alpha value is -0.710. The molecule has 0 aromatic heterocycles. The molecule has 0 aliphatic rings. The fourth-order valence-corrected chi connectivity index (χ4v) is 3.09. The van der Waals surface area contributed by atoms with Crippen LogP contribution in [-0.4, -0.2) is 35.9 Å². The molecule has 0 spiro atoms. The SMILES string of the molecule is CCNC(CSC(C)C(C)O)c1cc(C)ccc1OC. The summed E-state index contributed by atoms with van der Waals surface area (Å²) in [6.07, 6.45) is -0.290. The molecule has 0 heterocycles. The molecule has 0 amide bonds. The molecule has 0 bridgehead atoms. The van der Waals surface area contributed by atoms with Crippen LogP contribution in [0.2, 0.25) is 0 Å². The molecule has 4 heteroatoms. The molecular weight excluding hydrogens is 270 g/mol. The smallest absolute Gasteiger partial charge is 0.123 e. The monoisotopic (exact) mass is 297 g/mol. The highest BCUT2D eigenvalue weighted by Crippen LogP contribution is 2.30. The van der Waals surface area contributed by atoms with E-state index < -0.39 is 0 Å². The predicted octanol–water partition coefficient (Wildman–Crippen LogP) is 3.16. The van der Waals surface area contributed by atoms with Crippen molar-refractivity contribution in [1.82, 2.24) is 5.32 Å². The molecule has 2 N–H and O–H groups in total. The minimum absolute atomic E-state index is 0.229. The number of aryl methyl sites for hydroxylation is 1. The van der Waals surface area contributed by atoms with Crippen LogP contribution in [-0.2, 0) is 0 Å². The lowest BCUT2D eigenvalue weighted by Crippen LogP contribution is -2.26. The van der Waals surface area contributed by atoms with E-state index in [0.717, 1.165) is 18.0 Å². The molecule has 0 saturated carbocycles. The highest BCUT2D eigenvalue weighted by Gasteiger charge is 2.18. The van der Waals surface area contributed by atoms with Crippen LogP contribution in [0.5, 0.6) is 5.75 Å². The number of ether oxygens (including phenoxy) is 1. The van der Waals surface area contributed by atoms with Gasteiger partial charge in [-0.3, -0.25) is 0 Å². The number of aliphatic hydroxyl groups is 1. The van der Waals surface area contributed by atoms with Gasteiger partial charge in [0.1, 0.15) is 5.75 Å². The number of nitrogens with one attached hydrogen (secondary N) is 1. The maximum Gasteiger partial charge on any atom is 0.123 e. The molecule has 0 saturated heterocycles. The first-order chi connectivity index (χ1) is 9.49. The van der Waals surface area contributed by atoms with Crippen LogP contribution in [0.3, 0.4) is 0 Å². The molecule has 3 atom stereocenters. The summed E-state index contributed by atoms with van der Waals surface area (Å²) in [5, 5.41) is 13.4. The quantitative estimate of drug-likeness (QED) is 0.773. The predicted molar refractivity (Wildman–Crippen MR) is 87.7 cm³/mol. The van der Waals surface area contributed by atoms with E-state index in [4.69, 9.17) is 4.74 Å². The Morgan fingerprint density at radius 1 is 1.35 bits per heavy atom. The van der Waals surface area contributed by atoms with E-state index in [0.29, 0.717) is 0 Å². The van der Waals surface area contributed by atoms with E-state index in [-0.39, 0.29) is 17.4 Å². The zero-order valence-electron chi connectivity index (χ0n) is 13.1. The first-order valence-electron chi connectivity index (χ1n) is 7.17. The molecule has 3 nitrogen and oxygen atoms in total. The van der Waals surface area contributed by atoms with E-state index >= 15 is 0 Å². The number of methoxy groups -OCH3 is 1. The van der Waals surface area contributed by atoms with Crippen molar-refractivity contribution in [3.05, 3.63) is 29.3 Å². The molecule has 1 rings (SSSR count). The van der Waals surface area contributed by atoms with Gasteiger partial charge in [-0.05, 0) is 26.5 Å². The summed E-state index contributed by atoms with van der Waals surface area (Å²) in [6.45, 7) is 9.01. The zero-order valence-corrected chi connectivity index (χ0v) is 14.0. The van der Waals surface area contributed by atoms with Crippen LogP contribution in [0.4, 0.5) is 0 Å². The summed E-state index contributed by atoms with van der Waals surface area (Å²) in [5.74, 6) is 1.84. The lowest BCUT2D eigenvalue weighted by Gasteiger charge is -2.23. The Morgan fingerprint density at radius 2 is 2.05 bits per heavy atom. The van der Waals surface area contributed by atoms with Crippen molar-refractivity contribution < 1.29 is 9.84 Å². The van der Waals surface area contributed by atoms with Gasteiger partial charge in [-0.25, -0.2) is 0 Å². The molecule has 0 aliphatic heterocycles. The first-order valence-corrected chi connectivity index (χ1v) is 8.22. The van der Waals surface area contributed by atoms with E-state index in [9.17, 15) is 5.11 Å². The van der Waals surface area contributed by atoms with Gasteiger partial charge in [0.2, 0.25) is 0 Å². The number of thioether (sulfide) groups is 1. The van der Waals surface area contributed by atoms with Crippen LogP contribution in [0.1, 0.15) is 37.9 Å². The summed E-state index contributed by atoms with van der Waals surface area (Å²) in [4.78, 5) is 0. The number of hydrogen-bond acceptors (Lipinski definition) is 4. The second-order valence-electron chi connectivity index (χ2n) is 5.13. The molecule has 3 unspecified atom stereocenters. The zero-order chi connectivity index (χ0) is 15.1. The third-order valence-electron chi connectivity index (χ3n) is 3.42. The lowest BCUT2D eigenvalue weighted by atomic mass is 10.0. The molecule has 20 heavy (non-hydrogen) atoms. The molecule has 0 fully saturated rings. The van der Waals surface area contributed by atoms with Crippen molar-refractivity contribution in [1.29, 1.82) is 0 Å². The highest BCUT2D eigenvalue weighted by molar-refractivity contribution is 7.99. The molecule has 1 aromatic carbocycles. The number of hydrogen-bond donors (Lipinski definition) is 2. The van der Waals surface area contributed by atoms with Gasteiger partial charge in [0.25, 0.3) is 0 Å². The lowest BCUT2D eigenvalue weighted by molar-refractivity contribution is 0.196. The van der Waals surface area contributed by atoms with E-state index in [1.807, 2.05) is 13.0 Å². The highest BCUT2D eigenvalue weighted by atomic mass is 32.2. The summed E-state index contributed by atoms with van der Waals surface area (Å²) < 4.78 is 5.48. The fourth-order valence-electron chi connectivity index (χ4n) is 2.02. The van der Waals surface area contributed by atoms with Gasteiger partial charge in [0.15, 0.2) is 0 Å². The third-order valence-corrected chi connectivity index (χ3v) is 4.86. The second kappa shape index (κ2) is 8.55. The fraction of sp³-hybridized carbons (Fsp3) is 0.625. The maximum absolute atomic E-state index is 9.61. The Labute approximate surface area is 127 Å². The van der Waals surface area contributed by atoms with Crippen LogP contribution in [0.25, 0.3) is 0 Å². The topological polar surface area (TPSA) is 41.5 Å². The average Bonchev–Trinajstić information content (AvgIpc) is 2.42. The second-order valence-corrected chi connectivity index (χ2v) is 6.54. The van der Waals surface area contributed by atoms with Crippen molar-refractivity contribution >= 4 is 11.8 Å². The van der Waals surface area contributed by atoms with E-state index in [1.54, 1.807) is 18.9 Å². The molecule has 0 radical (unpaired) electrons. The van der Waals surface area contributed by atoms with Crippen LogP contribution < -0.4 is 10.1 Å². The average molecular weight is 297 g/mol. The van der Waals surface area contributed by atoms with Crippen molar-refractivity contribution in [2.75, 3.05) is 19.4 Å². The van der Waals surface area contributed by atoms with Crippen molar-refractivity contribution in [3.63, 3.8) is 0 Å². The van der Waals surface area contributed by atoms with Gasteiger partial charge < -0.3 is 15.2 Å². The van der Waals surface area contributed by atoms with Gasteiger partial charge in [-0.15, -0.1) is 0 Å². The molecular formula is C16H27NO2S. The Balaban J connectivity index is 2.87. The van der Waals surface area contributed by atoms with Crippen molar-refractivity contribution in [3.8, 4) is 5.75 Å². The number of rotatable bonds is 8. The summed E-state index contributed by atoms with van der Waals surface area (Å²) in [5.41, 5.74) is 2.43. The van der Waals surface area contributed by atoms with E-state index in [1.165, 1.54) is 11.1 Å². The Morgan fingerprint density at radius 3 is 2.60 bits per heavy atom. The van der Waals surface area contributed by atoms with Crippen LogP contribution in [0.15, 0.2) is 18.2 Å². The largest absolute Gasteiger partial charge is 0.496 e. The van der Waals surface area contributed by atoms with Gasteiger partial charge in [-0.1, -0.05) is 31.5 Å². The Bertz CT molecular complexity index is 409. The number of aliphatic hydroxyl groups excluding tert-OH is 1. The summed E-state index contributed by atoms with van der Waals surface area (Å²) in [6, 6.07) is 6.51. The minimum atomic E-state index is -0.290. The molecule has 1 aromatic rings. The normalized spacial score (nSPS) is 15.7. The van der Waals surface area contributed by atoms with Crippen LogP contribution >= 0.6 is 11.8 Å². The summed E-state index contributed by atoms with van der Waals surface area (Å²) >= 11 is 1.78. The Kier molecular flexibility index (Phi) is 7.41. The van der Waals surface area contributed by atoms with Gasteiger partial charge >= 0.3 is 0 Å². The minimum Gasteiger partial charge on any atom is -0.496 e. The van der Waals surface area contributed by atoms with E-state index in [2.05, 4.69) is 38.2 Å². The first kappa shape index (κ1) is 17.3. The van der Waals surface area contributed by atoms with Gasteiger partial charge in [0, 0.05) is 22.6 Å². The van der Waals surface area contributed by atoms with Crippen LogP contribution in [0, 0.1) is 6.92 Å². The standard InChI is InChI=1S/C16H27NO2S/c1-6-17-15(10-20-13(4)12(3)18)14-9-11(2)7-8-16(14)19-5/h7-9,12-13,15,17-18H,6,10H2,1-5H3. The van der Waals surface area contributed by atoms with Gasteiger partial charge in [-0.2, -0.15) is 11.8 Å². The van der Waals surface area contributed by atoms with Crippen molar-refractivity contribution in [2.45, 2.75) is 45.1 Å². The summed E-state index contributed by atoms with van der Waals surface area (Å²) in [7, 11) is 1.71. The maximum atomic E-state index is 9.61. The molecule has 0 aliphatic carbocycles. The number of benzene rings is 1. The molecule has 114 valence electrons. The van der Waals surface area contributed by atoms with Gasteiger partial charge in [0.05, 0.1) is 13.2 Å². The third kappa shape index (κ3) is 5.00. The van der Waals surface area contributed by atoms with Crippen molar-refractivity contribution in [2.24, 2.45) is 0 Å².